The Hall–Kier alpha value is -4.41. The van der Waals surface area contributed by atoms with Gasteiger partial charge < -0.3 is 10.1 Å². The van der Waals surface area contributed by atoms with Crippen LogP contribution in [-0.2, 0) is 19.6 Å². The minimum Gasteiger partial charge on any atom is -0.465 e. The third-order valence-electron chi connectivity index (χ3n) is 5.49. The first kappa shape index (κ1) is 26.6. The second kappa shape index (κ2) is 12.2. The van der Waals surface area contributed by atoms with Crippen LogP contribution in [0.5, 0.6) is 0 Å². The van der Waals surface area contributed by atoms with Gasteiger partial charge in [0.15, 0.2) is 5.65 Å². The Balaban J connectivity index is 1.39. The minimum atomic E-state index is -4.00. The van der Waals surface area contributed by atoms with Gasteiger partial charge in [-0.15, -0.1) is 0 Å². The summed E-state index contributed by atoms with van der Waals surface area (Å²) in [6.07, 6.45) is 5.42. The highest BCUT2D eigenvalue weighted by atomic mass is 32.2. The fraction of sp³-hybridized carbons (Fsp3) is 0.143. The lowest BCUT2D eigenvalue weighted by atomic mass is 10.1. The maximum absolute atomic E-state index is 12.7. The smallest absolute Gasteiger partial charge is 0.326 e. The van der Waals surface area contributed by atoms with E-state index >= 15 is 0 Å². The largest absolute Gasteiger partial charge is 0.465 e. The molecule has 0 fully saturated rings. The van der Waals surface area contributed by atoms with Crippen LogP contribution in [0.1, 0.15) is 28.5 Å². The topological polar surface area (TPSA) is 127 Å². The molecule has 4 aromatic rings. The van der Waals surface area contributed by atoms with E-state index < -0.39 is 27.9 Å². The first-order valence-corrected chi connectivity index (χ1v) is 13.4. The number of rotatable bonds is 10. The van der Waals surface area contributed by atoms with Gasteiger partial charge >= 0.3 is 5.97 Å². The Morgan fingerprint density at radius 3 is 2.45 bits per heavy atom. The molecule has 2 aromatic heterocycles. The molecule has 4 rings (SSSR count). The molecule has 0 aliphatic heterocycles. The summed E-state index contributed by atoms with van der Waals surface area (Å²) in [7, 11) is -4.00. The number of hydrogen-bond acceptors (Lipinski definition) is 7. The van der Waals surface area contributed by atoms with E-state index in [1.165, 1.54) is 12.1 Å². The number of sulfonamides is 1. The van der Waals surface area contributed by atoms with Gasteiger partial charge in [0.1, 0.15) is 6.04 Å². The Bertz CT molecular complexity index is 1560. The Labute approximate surface area is 220 Å². The van der Waals surface area contributed by atoms with Crippen LogP contribution in [0, 0.1) is 0 Å². The first-order valence-electron chi connectivity index (χ1n) is 11.9. The van der Waals surface area contributed by atoms with E-state index in [2.05, 4.69) is 20.0 Å². The number of ether oxygens (including phenoxy) is 1. The number of esters is 1. The quantitative estimate of drug-likeness (QED) is 0.301. The summed E-state index contributed by atoms with van der Waals surface area (Å²) in [5.74, 6) is -1.25. The van der Waals surface area contributed by atoms with Crippen molar-refractivity contribution in [1.82, 2.24) is 20.0 Å². The van der Waals surface area contributed by atoms with Crippen molar-refractivity contribution in [3.63, 3.8) is 0 Å². The van der Waals surface area contributed by atoms with Gasteiger partial charge in [-0.2, -0.15) is 4.72 Å². The number of carbonyl (C=O) groups is 2. The summed E-state index contributed by atoms with van der Waals surface area (Å²) in [6, 6.07) is 20.8. The summed E-state index contributed by atoms with van der Waals surface area (Å²) < 4.78 is 32.7. The zero-order valence-electron chi connectivity index (χ0n) is 20.6. The zero-order valence-corrected chi connectivity index (χ0v) is 21.4. The van der Waals surface area contributed by atoms with Crippen molar-refractivity contribution in [3.05, 3.63) is 102 Å². The first-order chi connectivity index (χ1) is 18.4. The summed E-state index contributed by atoms with van der Waals surface area (Å²) in [5, 5.41) is 3.56. The fourth-order valence-electron chi connectivity index (χ4n) is 3.56. The van der Waals surface area contributed by atoms with Crippen LogP contribution < -0.4 is 10.0 Å². The molecule has 10 heteroatoms. The van der Waals surface area contributed by atoms with E-state index in [4.69, 9.17) is 4.74 Å². The molecule has 0 saturated carbocycles. The second-order valence-corrected chi connectivity index (χ2v) is 9.90. The molecule has 0 radical (unpaired) electrons. The molecule has 0 spiro atoms. The Morgan fingerprint density at radius 2 is 1.71 bits per heavy atom. The lowest BCUT2D eigenvalue weighted by molar-refractivity contribution is -0.144. The minimum absolute atomic E-state index is 0.000536. The van der Waals surface area contributed by atoms with Crippen LogP contribution in [0.4, 0.5) is 0 Å². The lowest BCUT2D eigenvalue weighted by Gasteiger charge is -2.18. The summed E-state index contributed by atoms with van der Waals surface area (Å²) in [6.45, 7) is 1.39. The number of nitrogens with one attached hydrogen (secondary N) is 2. The van der Waals surface area contributed by atoms with Crippen molar-refractivity contribution in [2.45, 2.75) is 17.9 Å². The predicted octanol–water partition coefficient (Wildman–Crippen LogP) is 3.44. The zero-order chi connectivity index (χ0) is 27.0. The number of pyridine rings is 2. The van der Waals surface area contributed by atoms with Gasteiger partial charge in [0, 0.05) is 23.7 Å². The molecule has 0 bridgehead atoms. The molecule has 1 amide bonds. The number of benzene rings is 2. The molecule has 38 heavy (non-hydrogen) atoms. The number of hydrogen-bond donors (Lipinski definition) is 2. The molecule has 0 aliphatic carbocycles. The van der Waals surface area contributed by atoms with E-state index in [1.807, 2.05) is 36.4 Å². The van der Waals surface area contributed by atoms with Crippen LogP contribution in [0.15, 0.2) is 90.0 Å². The molecule has 0 aliphatic rings. The van der Waals surface area contributed by atoms with E-state index in [0.29, 0.717) is 11.2 Å². The van der Waals surface area contributed by atoms with Crippen molar-refractivity contribution < 1.29 is 22.7 Å². The van der Waals surface area contributed by atoms with E-state index in [0.717, 1.165) is 16.6 Å². The monoisotopic (exact) mass is 530 g/mol. The summed E-state index contributed by atoms with van der Waals surface area (Å²) >= 11 is 0. The Kier molecular flexibility index (Phi) is 8.57. The van der Waals surface area contributed by atoms with Gasteiger partial charge in [0.25, 0.3) is 5.91 Å². The van der Waals surface area contributed by atoms with Gasteiger partial charge in [0.05, 0.1) is 17.2 Å². The summed E-state index contributed by atoms with van der Waals surface area (Å²) in [4.78, 5) is 33.9. The van der Waals surface area contributed by atoms with Crippen LogP contribution in [-0.4, -0.2) is 49.5 Å². The van der Waals surface area contributed by atoms with Crippen molar-refractivity contribution in [1.29, 1.82) is 0 Å². The molecule has 1 atom stereocenters. The molecule has 2 N–H and O–H groups in total. The standard InChI is InChI=1S/C28H26N4O5S/c1-2-37-28(34)25(32-38(35,36)24-8-4-3-5-9-24)19-30-27(33)22-13-10-20(11-14-22)12-16-23-17-15-21-7-6-18-29-26(21)31-23/h3-18,25,32H,2,19H2,1H3,(H,30,33)/b16-12+. The van der Waals surface area contributed by atoms with Gasteiger partial charge in [-0.05, 0) is 67.1 Å². The molecule has 9 nitrogen and oxygen atoms in total. The molecule has 2 heterocycles. The highest BCUT2D eigenvalue weighted by molar-refractivity contribution is 7.89. The van der Waals surface area contributed by atoms with Crippen LogP contribution in [0.2, 0.25) is 0 Å². The van der Waals surface area contributed by atoms with Crippen molar-refractivity contribution in [2.75, 3.05) is 13.2 Å². The Morgan fingerprint density at radius 1 is 0.947 bits per heavy atom. The number of nitrogens with zero attached hydrogens (tertiary/aromatic N) is 2. The normalized spacial score (nSPS) is 12.3. The average Bonchev–Trinajstić information content (AvgIpc) is 2.94. The SMILES string of the molecule is CCOC(=O)C(CNC(=O)c1ccc(/C=C/c2ccc3cccnc3n2)cc1)NS(=O)(=O)c1ccccc1. The average molecular weight is 531 g/mol. The third kappa shape index (κ3) is 6.87. The van der Waals surface area contributed by atoms with Crippen molar-refractivity contribution in [3.8, 4) is 0 Å². The highest BCUT2D eigenvalue weighted by Gasteiger charge is 2.27. The van der Waals surface area contributed by atoms with Gasteiger partial charge in [-0.3, -0.25) is 9.59 Å². The molecular weight excluding hydrogens is 504 g/mol. The predicted molar refractivity (Wildman–Crippen MR) is 144 cm³/mol. The van der Waals surface area contributed by atoms with E-state index in [9.17, 15) is 18.0 Å². The van der Waals surface area contributed by atoms with Gasteiger partial charge in [-0.1, -0.05) is 36.4 Å². The molecule has 2 aromatic carbocycles. The maximum Gasteiger partial charge on any atom is 0.326 e. The third-order valence-corrected chi connectivity index (χ3v) is 6.98. The highest BCUT2D eigenvalue weighted by Crippen LogP contribution is 2.13. The molecule has 1 unspecified atom stereocenters. The molecule has 0 saturated heterocycles. The maximum atomic E-state index is 12.7. The van der Waals surface area contributed by atoms with Crippen molar-refractivity contribution >= 4 is 45.1 Å². The van der Waals surface area contributed by atoms with Crippen LogP contribution >= 0.6 is 0 Å². The molecular formula is C28H26N4O5S. The van der Waals surface area contributed by atoms with Gasteiger partial charge in [0.2, 0.25) is 10.0 Å². The van der Waals surface area contributed by atoms with E-state index in [-0.39, 0.29) is 18.0 Å². The van der Waals surface area contributed by atoms with Gasteiger partial charge in [-0.25, -0.2) is 18.4 Å². The van der Waals surface area contributed by atoms with E-state index in [1.54, 1.807) is 55.6 Å². The number of carbonyl (C=O) groups excluding carboxylic acids is 2. The second-order valence-electron chi connectivity index (χ2n) is 8.19. The lowest BCUT2D eigenvalue weighted by Crippen LogP contribution is -2.49. The number of aromatic nitrogens is 2. The van der Waals surface area contributed by atoms with Crippen LogP contribution in [0.3, 0.4) is 0 Å². The molecule has 194 valence electrons. The summed E-state index contributed by atoms with van der Waals surface area (Å²) in [5.41, 5.74) is 2.61. The van der Waals surface area contributed by atoms with Crippen LogP contribution in [0.25, 0.3) is 23.2 Å². The fourth-order valence-corrected chi connectivity index (χ4v) is 4.76. The number of amides is 1. The number of fused-ring (bicyclic) bond motifs is 1. The van der Waals surface area contributed by atoms with Crippen molar-refractivity contribution in [2.24, 2.45) is 0 Å².